The van der Waals surface area contributed by atoms with Crippen LogP contribution in [0.25, 0.3) is 5.57 Å². The average molecular weight is 473 g/mol. The van der Waals surface area contributed by atoms with Gasteiger partial charge in [0, 0.05) is 42.1 Å². The maximum Gasteiger partial charge on any atom is 0.126 e. The van der Waals surface area contributed by atoms with Crippen molar-refractivity contribution in [3.63, 3.8) is 0 Å². The van der Waals surface area contributed by atoms with Crippen LogP contribution in [0.4, 0.5) is 0 Å². The Hall–Kier alpha value is -2.84. The van der Waals surface area contributed by atoms with Crippen molar-refractivity contribution < 1.29 is 9.84 Å². The number of likely N-dealkylation sites (tertiary alicyclic amines) is 1. The highest BCUT2D eigenvalue weighted by molar-refractivity contribution is 6.30. The SMILES string of the molecule is N#Cc1ccc2c(c1)/C(=C/CCN1CCC(O)(c3ccc(Cl)cc3)CC1)C1C=CC=CC1CO2. The number of hydrogen-bond donors (Lipinski definition) is 1. The minimum Gasteiger partial charge on any atom is -0.492 e. The molecule has 0 amide bonds. The highest BCUT2D eigenvalue weighted by Crippen LogP contribution is 2.42. The van der Waals surface area contributed by atoms with Crippen LogP contribution >= 0.6 is 11.6 Å². The lowest BCUT2D eigenvalue weighted by Crippen LogP contribution is -2.42. The molecule has 174 valence electrons. The quantitative estimate of drug-likeness (QED) is 0.618. The zero-order chi connectivity index (χ0) is 23.5. The van der Waals surface area contributed by atoms with Crippen molar-refractivity contribution in [3.8, 4) is 11.8 Å². The second-order valence-corrected chi connectivity index (χ2v) is 9.86. The van der Waals surface area contributed by atoms with Gasteiger partial charge in [-0.05, 0) is 60.7 Å². The van der Waals surface area contributed by atoms with Crippen LogP contribution in [-0.2, 0) is 5.60 Å². The van der Waals surface area contributed by atoms with Crippen LogP contribution in [0.2, 0.25) is 5.02 Å². The molecule has 1 fully saturated rings. The lowest BCUT2D eigenvalue weighted by molar-refractivity contribution is -0.0254. The second-order valence-electron chi connectivity index (χ2n) is 9.42. The molecule has 0 aromatic heterocycles. The molecule has 34 heavy (non-hydrogen) atoms. The number of hydrogen-bond acceptors (Lipinski definition) is 4. The van der Waals surface area contributed by atoms with E-state index in [0.717, 1.165) is 42.9 Å². The van der Waals surface area contributed by atoms with Gasteiger partial charge in [0.25, 0.3) is 0 Å². The van der Waals surface area contributed by atoms with Gasteiger partial charge in [-0.25, -0.2) is 0 Å². The van der Waals surface area contributed by atoms with Gasteiger partial charge in [-0.3, -0.25) is 0 Å². The molecule has 5 rings (SSSR count). The van der Waals surface area contributed by atoms with Gasteiger partial charge >= 0.3 is 0 Å². The van der Waals surface area contributed by atoms with Gasteiger partial charge in [0.05, 0.1) is 23.8 Å². The number of ether oxygens (including phenoxy) is 1. The van der Waals surface area contributed by atoms with E-state index in [-0.39, 0.29) is 5.92 Å². The van der Waals surface area contributed by atoms with Gasteiger partial charge in [0.1, 0.15) is 5.75 Å². The monoisotopic (exact) mass is 472 g/mol. The molecule has 2 unspecified atom stereocenters. The number of piperidine rings is 1. The van der Waals surface area contributed by atoms with Crippen molar-refractivity contribution in [2.75, 3.05) is 26.2 Å². The van der Waals surface area contributed by atoms with Gasteiger partial charge in [-0.15, -0.1) is 0 Å². The first-order chi connectivity index (χ1) is 16.6. The lowest BCUT2D eigenvalue weighted by atomic mass is 9.80. The maximum absolute atomic E-state index is 11.2. The topological polar surface area (TPSA) is 56.5 Å². The first-order valence-electron chi connectivity index (χ1n) is 12.0. The van der Waals surface area contributed by atoms with Gasteiger partial charge < -0.3 is 14.7 Å². The summed E-state index contributed by atoms with van der Waals surface area (Å²) < 4.78 is 6.13. The summed E-state index contributed by atoms with van der Waals surface area (Å²) in [6, 6.07) is 15.6. The van der Waals surface area contributed by atoms with E-state index in [4.69, 9.17) is 16.3 Å². The van der Waals surface area contributed by atoms with E-state index >= 15 is 0 Å². The number of nitriles is 1. The molecule has 2 aromatic rings. The lowest BCUT2D eigenvalue weighted by Gasteiger charge is -2.38. The van der Waals surface area contributed by atoms with Gasteiger partial charge in [0.2, 0.25) is 0 Å². The first kappa shape index (κ1) is 22.9. The molecule has 5 heteroatoms. The minimum atomic E-state index is -0.780. The predicted molar refractivity (Wildman–Crippen MR) is 136 cm³/mol. The number of rotatable bonds is 4. The fourth-order valence-electron chi connectivity index (χ4n) is 5.31. The van der Waals surface area contributed by atoms with Crippen LogP contribution in [0.3, 0.4) is 0 Å². The zero-order valence-corrected chi connectivity index (χ0v) is 19.9. The average Bonchev–Trinajstić information content (AvgIpc) is 3.02. The number of allylic oxidation sites excluding steroid dienone is 4. The molecule has 1 aliphatic carbocycles. The summed E-state index contributed by atoms with van der Waals surface area (Å²) in [6.45, 7) is 3.28. The maximum atomic E-state index is 11.2. The third-order valence-electron chi connectivity index (χ3n) is 7.33. The fourth-order valence-corrected chi connectivity index (χ4v) is 5.43. The largest absolute Gasteiger partial charge is 0.492 e. The highest BCUT2D eigenvalue weighted by atomic mass is 35.5. The molecule has 2 aliphatic heterocycles. The normalized spacial score (nSPS) is 24.6. The standard InChI is InChI=1S/C29H29ClN2O2/c30-24-10-8-23(9-11-24)29(33)13-16-32(17-14-29)15-3-6-26-25-5-2-1-4-22(25)20-34-28-12-7-21(19-31)18-27(26)28/h1-2,4-12,18,22,25,33H,3,13-17,20H2/b26-6+. The van der Waals surface area contributed by atoms with E-state index < -0.39 is 5.60 Å². The van der Waals surface area contributed by atoms with Gasteiger partial charge in [-0.1, -0.05) is 54.1 Å². The van der Waals surface area contributed by atoms with Crippen LogP contribution in [0, 0.1) is 23.2 Å². The summed E-state index contributed by atoms with van der Waals surface area (Å²) in [4.78, 5) is 2.43. The number of aliphatic hydroxyl groups is 1. The van der Waals surface area contributed by atoms with Crippen LogP contribution in [0.5, 0.6) is 5.75 Å². The summed E-state index contributed by atoms with van der Waals surface area (Å²) in [5, 5.41) is 21.3. The molecule has 0 spiro atoms. The van der Waals surface area contributed by atoms with E-state index in [0.29, 0.717) is 36.0 Å². The molecular weight excluding hydrogens is 444 g/mol. The van der Waals surface area contributed by atoms with Crippen LogP contribution in [0.15, 0.2) is 72.8 Å². The summed E-state index contributed by atoms with van der Waals surface area (Å²) in [6.07, 6.45) is 13.3. The third kappa shape index (κ3) is 4.70. The Morgan fingerprint density at radius 1 is 1.12 bits per heavy atom. The highest BCUT2D eigenvalue weighted by Gasteiger charge is 2.34. The Balaban J connectivity index is 1.30. The van der Waals surface area contributed by atoms with Crippen molar-refractivity contribution in [1.29, 1.82) is 5.26 Å². The molecule has 2 aromatic carbocycles. The minimum absolute atomic E-state index is 0.247. The van der Waals surface area contributed by atoms with Crippen molar-refractivity contribution in [1.82, 2.24) is 4.90 Å². The Morgan fingerprint density at radius 2 is 1.88 bits per heavy atom. The van der Waals surface area contributed by atoms with Crippen LogP contribution < -0.4 is 4.74 Å². The molecule has 1 N–H and O–H groups in total. The molecule has 0 bridgehead atoms. The van der Waals surface area contributed by atoms with Crippen molar-refractivity contribution in [2.45, 2.75) is 24.9 Å². The first-order valence-corrected chi connectivity index (χ1v) is 12.4. The summed E-state index contributed by atoms with van der Waals surface area (Å²) >= 11 is 6.01. The van der Waals surface area contributed by atoms with E-state index in [2.05, 4.69) is 41.3 Å². The fraction of sp³-hybridized carbons (Fsp3) is 0.345. The van der Waals surface area contributed by atoms with Crippen molar-refractivity contribution >= 4 is 17.2 Å². The number of benzene rings is 2. The summed E-state index contributed by atoms with van der Waals surface area (Å²) in [7, 11) is 0. The molecule has 1 saturated heterocycles. The van der Waals surface area contributed by atoms with E-state index in [1.54, 1.807) is 0 Å². The number of fused-ring (bicyclic) bond motifs is 2. The smallest absolute Gasteiger partial charge is 0.126 e. The van der Waals surface area contributed by atoms with E-state index in [9.17, 15) is 10.4 Å². The van der Waals surface area contributed by atoms with E-state index in [1.807, 2.05) is 42.5 Å². The molecule has 3 aliphatic rings. The molecule has 0 saturated carbocycles. The Morgan fingerprint density at radius 3 is 2.65 bits per heavy atom. The molecule has 0 radical (unpaired) electrons. The molecule has 2 atom stereocenters. The third-order valence-corrected chi connectivity index (χ3v) is 7.59. The van der Waals surface area contributed by atoms with Gasteiger partial charge in [0.15, 0.2) is 0 Å². The Bertz CT molecular complexity index is 1170. The zero-order valence-electron chi connectivity index (χ0n) is 19.2. The Kier molecular flexibility index (Phi) is 6.61. The van der Waals surface area contributed by atoms with E-state index in [1.165, 1.54) is 5.57 Å². The molecule has 2 heterocycles. The molecular formula is C29H29ClN2O2. The summed E-state index contributed by atoms with van der Waals surface area (Å²) in [5.41, 5.74) is 3.09. The number of halogens is 1. The Labute approximate surface area is 206 Å². The van der Waals surface area contributed by atoms with Crippen LogP contribution in [0.1, 0.15) is 36.0 Å². The summed E-state index contributed by atoms with van der Waals surface area (Å²) in [5.74, 6) is 1.39. The predicted octanol–water partition coefficient (Wildman–Crippen LogP) is 5.72. The van der Waals surface area contributed by atoms with Crippen molar-refractivity contribution in [3.05, 3.63) is 94.6 Å². The van der Waals surface area contributed by atoms with Crippen molar-refractivity contribution in [2.24, 2.45) is 11.8 Å². The van der Waals surface area contributed by atoms with Gasteiger partial charge in [-0.2, -0.15) is 5.26 Å². The molecule has 4 nitrogen and oxygen atoms in total. The van der Waals surface area contributed by atoms with Crippen LogP contribution in [-0.4, -0.2) is 36.2 Å². The number of nitrogens with zero attached hydrogens (tertiary/aromatic N) is 2. The second kappa shape index (κ2) is 9.80.